The molecule has 0 spiro atoms. The second-order valence-corrected chi connectivity index (χ2v) is 4.03. The summed E-state index contributed by atoms with van der Waals surface area (Å²) in [4.78, 5) is 8.05. The van der Waals surface area contributed by atoms with Crippen LogP contribution in [0.5, 0.6) is 0 Å². The van der Waals surface area contributed by atoms with Crippen molar-refractivity contribution in [3.8, 4) is 0 Å². The average Bonchev–Trinajstić information content (AvgIpc) is 2.73. The standard InChI is InChI=1S/C11H13ClN4O/c1-8-15-11(16-17-8)3-5-13-6-9-2-4-14-7-10(9)12/h2,4,7,13H,3,5-6H2,1H3. The molecular weight excluding hydrogens is 240 g/mol. The Morgan fingerprint density at radius 1 is 1.47 bits per heavy atom. The summed E-state index contributed by atoms with van der Waals surface area (Å²) in [5, 5.41) is 7.76. The van der Waals surface area contributed by atoms with Crippen LogP contribution in [0, 0.1) is 6.92 Å². The molecule has 0 fully saturated rings. The molecule has 0 aliphatic heterocycles. The van der Waals surface area contributed by atoms with Crippen molar-refractivity contribution in [2.45, 2.75) is 19.9 Å². The molecule has 0 unspecified atom stereocenters. The molecule has 0 radical (unpaired) electrons. The van der Waals surface area contributed by atoms with Gasteiger partial charge in [-0.05, 0) is 11.6 Å². The zero-order valence-electron chi connectivity index (χ0n) is 9.48. The second kappa shape index (κ2) is 5.75. The molecule has 0 aliphatic rings. The van der Waals surface area contributed by atoms with Gasteiger partial charge in [-0.25, -0.2) is 0 Å². The lowest BCUT2D eigenvalue weighted by atomic mass is 10.2. The van der Waals surface area contributed by atoms with Crippen molar-refractivity contribution in [3.05, 3.63) is 40.8 Å². The number of nitrogens with zero attached hydrogens (tertiary/aromatic N) is 3. The topological polar surface area (TPSA) is 63.8 Å². The Balaban J connectivity index is 1.75. The highest BCUT2D eigenvalue weighted by Crippen LogP contribution is 2.12. The molecule has 17 heavy (non-hydrogen) atoms. The molecule has 1 N–H and O–H groups in total. The molecule has 6 heteroatoms. The van der Waals surface area contributed by atoms with Crippen LogP contribution < -0.4 is 5.32 Å². The van der Waals surface area contributed by atoms with Gasteiger partial charge in [-0.15, -0.1) is 0 Å². The first kappa shape index (κ1) is 12.0. The Kier molecular flexibility index (Phi) is 4.06. The molecule has 2 heterocycles. The predicted molar refractivity (Wildman–Crippen MR) is 63.7 cm³/mol. The maximum Gasteiger partial charge on any atom is 0.223 e. The van der Waals surface area contributed by atoms with Crippen molar-refractivity contribution in [2.24, 2.45) is 0 Å². The minimum atomic E-state index is 0.595. The van der Waals surface area contributed by atoms with Crippen LogP contribution in [-0.2, 0) is 13.0 Å². The van der Waals surface area contributed by atoms with Crippen molar-refractivity contribution < 1.29 is 4.52 Å². The third-order valence-electron chi connectivity index (χ3n) is 2.27. The zero-order valence-corrected chi connectivity index (χ0v) is 10.2. The molecule has 0 saturated carbocycles. The van der Waals surface area contributed by atoms with E-state index < -0.39 is 0 Å². The molecule has 0 atom stereocenters. The van der Waals surface area contributed by atoms with E-state index >= 15 is 0 Å². The van der Waals surface area contributed by atoms with Crippen molar-refractivity contribution in [3.63, 3.8) is 0 Å². The first-order valence-corrected chi connectivity index (χ1v) is 5.72. The zero-order chi connectivity index (χ0) is 12.1. The summed E-state index contributed by atoms with van der Waals surface area (Å²) in [5.74, 6) is 1.31. The Labute approximate surface area is 104 Å². The highest BCUT2D eigenvalue weighted by molar-refractivity contribution is 6.31. The number of nitrogens with one attached hydrogen (secondary N) is 1. The van der Waals surface area contributed by atoms with Crippen LogP contribution in [0.4, 0.5) is 0 Å². The molecule has 90 valence electrons. The SMILES string of the molecule is Cc1nc(CCNCc2ccncc2Cl)no1. The first-order chi connectivity index (χ1) is 8.25. The average molecular weight is 253 g/mol. The van der Waals surface area contributed by atoms with E-state index in [2.05, 4.69) is 20.4 Å². The summed E-state index contributed by atoms with van der Waals surface area (Å²) >= 11 is 5.98. The summed E-state index contributed by atoms with van der Waals surface area (Å²) in [6.07, 6.45) is 4.10. The number of aromatic nitrogens is 3. The van der Waals surface area contributed by atoms with Crippen molar-refractivity contribution in [1.82, 2.24) is 20.4 Å². The van der Waals surface area contributed by atoms with Crippen LogP contribution in [0.2, 0.25) is 5.02 Å². The van der Waals surface area contributed by atoms with Gasteiger partial charge in [0.1, 0.15) is 0 Å². The summed E-state index contributed by atoms with van der Waals surface area (Å²) in [5.41, 5.74) is 1.03. The molecule has 0 saturated heterocycles. The van der Waals surface area contributed by atoms with Crippen LogP contribution in [0.15, 0.2) is 23.0 Å². The van der Waals surface area contributed by atoms with Gasteiger partial charge in [0.25, 0.3) is 0 Å². The largest absolute Gasteiger partial charge is 0.340 e. The minimum Gasteiger partial charge on any atom is -0.340 e. The van der Waals surface area contributed by atoms with E-state index in [0.29, 0.717) is 17.5 Å². The van der Waals surface area contributed by atoms with E-state index in [9.17, 15) is 0 Å². The molecule has 0 bridgehead atoms. The van der Waals surface area contributed by atoms with Gasteiger partial charge in [0.15, 0.2) is 5.82 Å². The van der Waals surface area contributed by atoms with E-state index in [1.54, 1.807) is 19.3 Å². The molecule has 0 amide bonds. The second-order valence-electron chi connectivity index (χ2n) is 3.62. The molecule has 2 aromatic rings. The lowest BCUT2D eigenvalue weighted by Crippen LogP contribution is -2.17. The number of rotatable bonds is 5. The summed E-state index contributed by atoms with van der Waals surface area (Å²) < 4.78 is 4.88. The Bertz CT molecular complexity index is 486. The summed E-state index contributed by atoms with van der Waals surface area (Å²) in [6, 6.07) is 1.90. The number of aryl methyl sites for hydroxylation is 1. The Hall–Kier alpha value is -1.46. The monoisotopic (exact) mass is 252 g/mol. The molecule has 0 aromatic carbocycles. The lowest BCUT2D eigenvalue weighted by Gasteiger charge is -2.04. The molecule has 2 aromatic heterocycles. The quantitative estimate of drug-likeness (QED) is 0.822. The Morgan fingerprint density at radius 2 is 2.35 bits per heavy atom. The van der Waals surface area contributed by atoms with Gasteiger partial charge >= 0.3 is 0 Å². The maximum absolute atomic E-state index is 5.98. The van der Waals surface area contributed by atoms with E-state index in [4.69, 9.17) is 16.1 Å². The predicted octanol–water partition coefficient (Wildman–Crippen LogP) is 1.76. The number of halogens is 1. The molecule has 5 nitrogen and oxygen atoms in total. The highest BCUT2D eigenvalue weighted by atomic mass is 35.5. The van der Waals surface area contributed by atoms with E-state index in [-0.39, 0.29) is 0 Å². The van der Waals surface area contributed by atoms with Gasteiger partial charge in [0.2, 0.25) is 5.89 Å². The Morgan fingerprint density at radius 3 is 3.06 bits per heavy atom. The van der Waals surface area contributed by atoms with Crippen LogP contribution in [0.1, 0.15) is 17.3 Å². The fraction of sp³-hybridized carbons (Fsp3) is 0.364. The van der Waals surface area contributed by atoms with Crippen LogP contribution in [-0.4, -0.2) is 21.7 Å². The summed E-state index contributed by atoms with van der Waals surface area (Å²) in [6.45, 7) is 3.26. The third-order valence-corrected chi connectivity index (χ3v) is 2.61. The normalized spacial score (nSPS) is 10.7. The van der Waals surface area contributed by atoms with Gasteiger partial charge < -0.3 is 9.84 Å². The smallest absolute Gasteiger partial charge is 0.223 e. The fourth-order valence-corrected chi connectivity index (χ4v) is 1.60. The van der Waals surface area contributed by atoms with Gasteiger partial charge in [0.05, 0.1) is 5.02 Å². The van der Waals surface area contributed by atoms with Gasteiger partial charge in [-0.2, -0.15) is 4.98 Å². The molecule has 0 aliphatic carbocycles. The van der Waals surface area contributed by atoms with E-state index in [1.165, 1.54) is 0 Å². The van der Waals surface area contributed by atoms with Gasteiger partial charge in [-0.3, -0.25) is 4.98 Å². The van der Waals surface area contributed by atoms with Gasteiger partial charge in [-0.1, -0.05) is 16.8 Å². The maximum atomic E-state index is 5.98. The van der Waals surface area contributed by atoms with Crippen molar-refractivity contribution >= 4 is 11.6 Å². The van der Waals surface area contributed by atoms with Crippen LogP contribution >= 0.6 is 11.6 Å². The van der Waals surface area contributed by atoms with E-state index in [1.807, 2.05) is 6.07 Å². The number of pyridine rings is 1. The number of hydrogen-bond acceptors (Lipinski definition) is 5. The third kappa shape index (κ3) is 3.51. The van der Waals surface area contributed by atoms with Crippen LogP contribution in [0.3, 0.4) is 0 Å². The highest BCUT2D eigenvalue weighted by Gasteiger charge is 2.02. The van der Waals surface area contributed by atoms with Crippen molar-refractivity contribution in [2.75, 3.05) is 6.54 Å². The van der Waals surface area contributed by atoms with Crippen molar-refractivity contribution in [1.29, 1.82) is 0 Å². The first-order valence-electron chi connectivity index (χ1n) is 5.34. The lowest BCUT2D eigenvalue weighted by molar-refractivity contribution is 0.387. The van der Waals surface area contributed by atoms with Gasteiger partial charge in [0, 0.05) is 38.8 Å². The molecule has 2 rings (SSSR count). The van der Waals surface area contributed by atoms with Crippen LogP contribution in [0.25, 0.3) is 0 Å². The minimum absolute atomic E-state index is 0.595. The van der Waals surface area contributed by atoms with E-state index in [0.717, 1.165) is 24.4 Å². The summed E-state index contributed by atoms with van der Waals surface area (Å²) in [7, 11) is 0. The number of hydrogen-bond donors (Lipinski definition) is 1. The fourth-order valence-electron chi connectivity index (χ4n) is 1.41. The molecular formula is C11H13ClN4O.